The van der Waals surface area contributed by atoms with Gasteiger partial charge in [-0.3, -0.25) is 10.1 Å². The molecule has 0 bridgehead atoms. The molecule has 21 heavy (non-hydrogen) atoms. The fourth-order valence-electron chi connectivity index (χ4n) is 1.44. The SMILES string of the molecule is CNc1nc(Cl)nc(Oc2ccc([N+](=O)[O-])cc2OC)n1. The summed E-state index contributed by atoms with van der Waals surface area (Å²) in [7, 11) is 2.98. The lowest BCUT2D eigenvalue weighted by molar-refractivity contribution is -0.384. The minimum absolute atomic E-state index is 0.0507. The van der Waals surface area contributed by atoms with Crippen LogP contribution in [0.5, 0.6) is 17.5 Å². The Bertz CT molecular complexity index is 682. The van der Waals surface area contributed by atoms with E-state index < -0.39 is 4.92 Å². The first-order valence-electron chi connectivity index (χ1n) is 5.63. The van der Waals surface area contributed by atoms with E-state index in [0.717, 1.165) is 0 Å². The number of hydrogen-bond donors (Lipinski definition) is 1. The number of rotatable bonds is 5. The Morgan fingerprint density at radius 1 is 1.29 bits per heavy atom. The first kappa shape index (κ1) is 14.7. The molecule has 0 amide bonds. The zero-order chi connectivity index (χ0) is 15.4. The van der Waals surface area contributed by atoms with Crippen molar-refractivity contribution < 1.29 is 14.4 Å². The van der Waals surface area contributed by atoms with Gasteiger partial charge in [-0.2, -0.15) is 15.0 Å². The molecule has 9 nitrogen and oxygen atoms in total. The summed E-state index contributed by atoms with van der Waals surface area (Å²) in [5.74, 6) is 0.616. The third kappa shape index (κ3) is 3.45. The summed E-state index contributed by atoms with van der Waals surface area (Å²) in [6.07, 6.45) is 0. The number of hydrogen-bond acceptors (Lipinski definition) is 8. The predicted octanol–water partition coefficient (Wildman–Crippen LogP) is 2.28. The number of ether oxygens (including phenoxy) is 2. The van der Waals surface area contributed by atoms with E-state index in [2.05, 4.69) is 20.3 Å². The van der Waals surface area contributed by atoms with Crippen molar-refractivity contribution >= 4 is 23.2 Å². The maximum Gasteiger partial charge on any atom is 0.328 e. The molecule has 1 aromatic heterocycles. The normalized spacial score (nSPS) is 10.0. The molecule has 10 heteroatoms. The van der Waals surface area contributed by atoms with Gasteiger partial charge in [0.05, 0.1) is 18.1 Å². The van der Waals surface area contributed by atoms with Crippen LogP contribution in [0.3, 0.4) is 0 Å². The number of halogens is 1. The minimum atomic E-state index is -0.536. The van der Waals surface area contributed by atoms with Gasteiger partial charge in [0.25, 0.3) is 5.69 Å². The van der Waals surface area contributed by atoms with E-state index in [1.54, 1.807) is 7.05 Å². The van der Waals surface area contributed by atoms with E-state index in [0.29, 0.717) is 0 Å². The molecule has 1 aromatic carbocycles. The highest BCUT2D eigenvalue weighted by Gasteiger charge is 2.15. The Labute approximate surface area is 124 Å². The van der Waals surface area contributed by atoms with E-state index in [9.17, 15) is 10.1 Å². The highest BCUT2D eigenvalue weighted by Crippen LogP contribution is 2.33. The summed E-state index contributed by atoms with van der Waals surface area (Å²) >= 11 is 5.73. The number of benzene rings is 1. The average molecular weight is 312 g/mol. The van der Waals surface area contributed by atoms with Crippen LogP contribution in [0.25, 0.3) is 0 Å². The zero-order valence-corrected chi connectivity index (χ0v) is 11.8. The number of nitrogens with zero attached hydrogens (tertiary/aromatic N) is 4. The molecule has 0 atom stereocenters. The molecule has 0 aliphatic heterocycles. The van der Waals surface area contributed by atoms with Gasteiger partial charge in [0.1, 0.15) is 0 Å². The molecule has 2 aromatic rings. The number of nitrogens with one attached hydrogen (secondary N) is 1. The van der Waals surface area contributed by atoms with Crippen LogP contribution in [0.1, 0.15) is 0 Å². The number of anilines is 1. The van der Waals surface area contributed by atoms with Crippen molar-refractivity contribution in [2.45, 2.75) is 0 Å². The van der Waals surface area contributed by atoms with Gasteiger partial charge in [-0.05, 0) is 17.7 Å². The standard InChI is InChI=1S/C11H10ClN5O4/c1-13-10-14-9(12)15-11(16-10)21-7-4-3-6(17(18)19)5-8(7)20-2/h3-5H,1-2H3,(H,13,14,15,16). The molecule has 0 fully saturated rings. The first-order chi connectivity index (χ1) is 10.0. The quantitative estimate of drug-likeness (QED) is 0.661. The molecule has 110 valence electrons. The Morgan fingerprint density at radius 2 is 2.05 bits per heavy atom. The summed E-state index contributed by atoms with van der Waals surface area (Å²) in [6.45, 7) is 0. The molecule has 0 saturated heterocycles. The highest BCUT2D eigenvalue weighted by atomic mass is 35.5. The van der Waals surface area contributed by atoms with Crippen molar-refractivity contribution in [1.82, 2.24) is 15.0 Å². The fourth-order valence-corrected chi connectivity index (χ4v) is 1.59. The van der Waals surface area contributed by atoms with Crippen LogP contribution in [-0.4, -0.2) is 34.0 Å². The van der Waals surface area contributed by atoms with Crippen LogP contribution in [0, 0.1) is 10.1 Å². The smallest absolute Gasteiger partial charge is 0.328 e. The molecule has 0 saturated carbocycles. The second-order valence-electron chi connectivity index (χ2n) is 3.65. The maximum atomic E-state index is 10.7. The van der Waals surface area contributed by atoms with Gasteiger partial charge in [-0.25, -0.2) is 0 Å². The van der Waals surface area contributed by atoms with Crippen molar-refractivity contribution in [3.63, 3.8) is 0 Å². The lowest BCUT2D eigenvalue weighted by Gasteiger charge is -2.09. The molecule has 0 spiro atoms. The third-order valence-corrected chi connectivity index (χ3v) is 2.54. The van der Waals surface area contributed by atoms with Crippen molar-refractivity contribution in [1.29, 1.82) is 0 Å². The van der Waals surface area contributed by atoms with Crippen molar-refractivity contribution in [2.75, 3.05) is 19.5 Å². The van der Waals surface area contributed by atoms with Gasteiger partial charge in [-0.1, -0.05) is 0 Å². The van der Waals surface area contributed by atoms with Gasteiger partial charge < -0.3 is 14.8 Å². The average Bonchev–Trinajstić information content (AvgIpc) is 2.46. The third-order valence-electron chi connectivity index (χ3n) is 2.37. The van der Waals surface area contributed by atoms with Crippen LogP contribution in [0.2, 0.25) is 5.28 Å². The summed E-state index contributed by atoms with van der Waals surface area (Å²) in [6, 6.07) is 3.83. The Kier molecular flexibility index (Phi) is 4.33. The molecule has 0 aliphatic carbocycles. The Hall–Kier alpha value is -2.68. The van der Waals surface area contributed by atoms with Gasteiger partial charge >= 0.3 is 6.01 Å². The second kappa shape index (κ2) is 6.18. The molecular formula is C11H10ClN5O4. The topological polar surface area (TPSA) is 112 Å². The van der Waals surface area contributed by atoms with E-state index in [4.69, 9.17) is 21.1 Å². The van der Waals surface area contributed by atoms with Crippen LogP contribution in [0.4, 0.5) is 11.6 Å². The van der Waals surface area contributed by atoms with Crippen LogP contribution in [0.15, 0.2) is 18.2 Å². The highest BCUT2D eigenvalue weighted by molar-refractivity contribution is 6.28. The van der Waals surface area contributed by atoms with Crippen LogP contribution in [-0.2, 0) is 0 Å². The Balaban J connectivity index is 2.35. The summed E-state index contributed by atoms with van der Waals surface area (Å²) in [5.41, 5.74) is -0.121. The number of nitro benzene ring substituents is 1. The summed E-state index contributed by atoms with van der Waals surface area (Å²) in [4.78, 5) is 21.7. The molecule has 0 unspecified atom stereocenters. The number of non-ortho nitro benzene ring substituents is 1. The van der Waals surface area contributed by atoms with E-state index in [1.807, 2.05) is 0 Å². The monoisotopic (exact) mass is 311 g/mol. The van der Waals surface area contributed by atoms with Crippen molar-refractivity contribution in [3.8, 4) is 17.5 Å². The molecular weight excluding hydrogens is 302 g/mol. The van der Waals surface area contributed by atoms with E-state index >= 15 is 0 Å². The largest absolute Gasteiger partial charge is 0.493 e. The number of methoxy groups -OCH3 is 1. The van der Waals surface area contributed by atoms with Crippen LogP contribution < -0.4 is 14.8 Å². The van der Waals surface area contributed by atoms with Gasteiger partial charge in [-0.15, -0.1) is 0 Å². The van der Waals surface area contributed by atoms with Gasteiger partial charge in [0, 0.05) is 13.1 Å². The number of aromatic nitrogens is 3. The fraction of sp³-hybridized carbons (Fsp3) is 0.182. The molecule has 0 radical (unpaired) electrons. The number of nitro groups is 1. The lowest BCUT2D eigenvalue weighted by atomic mass is 10.3. The predicted molar refractivity (Wildman–Crippen MR) is 74.1 cm³/mol. The van der Waals surface area contributed by atoms with Crippen molar-refractivity contribution in [3.05, 3.63) is 33.6 Å². The van der Waals surface area contributed by atoms with Crippen LogP contribution >= 0.6 is 11.6 Å². The molecule has 2 rings (SSSR count). The van der Waals surface area contributed by atoms with E-state index in [1.165, 1.54) is 25.3 Å². The second-order valence-corrected chi connectivity index (χ2v) is 3.99. The minimum Gasteiger partial charge on any atom is -0.493 e. The molecule has 0 aliphatic rings. The van der Waals surface area contributed by atoms with Gasteiger partial charge in [0.2, 0.25) is 11.2 Å². The maximum absolute atomic E-state index is 10.7. The Morgan fingerprint density at radius 3 is 2.67 bits per heavy atom. The van der Waals surface area contributed by atoms with Gasteiger partial charge in [0.15, 0.2) is 11.5 Å². The van der Waals surface area contributed by atoms with Crippen molar-refractivity contribution in [2.24, 2.45) is 0 Å². The molecule has 1 N–H and O–H groups in total. The summed E-state index contributed by atoms with van der Waals surface area (Å²) in [5, 5.41) is 13.4. The zero-order valence-electron chi connectivity index (χ0n) is 11.0. The van der Waals surface area contributed by atoms with E-state index in [-0.39, 0.29) is 34.4 Å². The summed E-state index contributed by atoms with van der Waals surface area (Å²) < 4.78 is 10.5. The lowest BCUT2D eigenvalue weighted by Crippen LogP contribution is -2.02. The first-order valence-corrected chi connectivity index (χ1v) is 6.01. The molecule has 1 heterocycles.